The number of benzene rings is 2. The van der Waals surface area contributed by atoms with E-state index in [4.69, 9.17) is 16.2 Å². The highest BCUT2D eigenvalue weighted by Gasteiger charge is 2.21. The van der Waals surface area contributed by atoms with Crippen molar-refractivity contribution in [1.82, 2.24) is 0 Å². The third-order valence-corrected chi connectivity index (χ3v) is 3.62. The van der Waals surface area contributed by atoms with Gasteiger partial charge in [0.1, 0.15) is 5.75 Å². The summed E-state index contributed by atoms with van der Waals surface area (Å²) in [6, 6.07) is 15.4. The maximum Gasteiger partial charge on any atom is 0.256 e. The van der Waals surface area contributed by atoms with E-state index >= 15 is 0 Å². The second kappa shape index (κ2) is 7.45. The number of aryl methyl sites for hydroxylation is 1. The van der Waals surface area contributed by atoms with Crippen molar-refractivity contribution in [2.75, 3.05) is 7.11 Å². The number of carbonyl (C=O) groups is 1. The number of aliphatic imine (C=N–C) groups is 1. The molecule has 0 aliphatic heterocycles. The zero-order valence-corrected chi connectivity index (χ0v) is 13.3. The number of methoxy groups -OCH3 is 1. The average molecular weight is 311 g/mol. The van der Waals surface area contributed by atoms with Gasteiger partial charge in [-0.2, -0.15) is 4.99 Å². The molecule has 2 aromatic rings. The lowest BCUT2D eigenvalue weighted by molar-refractivity contribution is -0.119. The van der Waals surface area contributed by atoms with Gasteiger partial charge in [0, 0.05) is 0 Å². The van der Waals surface area contributed by atoms with Crippen LogP contribution in [0.1, 0.15) is 22.6 Å². The van der Waals surface area contributed by atoms with Crippen LogP contribution in [0.15, 0.2) is 53.5 Å². The van der Waals surface area contributed by atoms with Crippen molar-refractivity contribution in [3.05, 3.63) is 65.2 Å². The molecule has 4 N–H and O–H groups in total. The zero-order chi connectivity index (χ0) is 16.8. The van der Waals surface area contributed by atoms with Crippen molar-refractivity contribution >= 4 is 11.9 Å². The van der Waals surface area contributed by atoms with Crippen molar-refractivity contribution in [1.29, 1.82) is 0 Å². The Bertz CT molecular complexity index is 687. The van der Waals surface area contributed by atoms with E-state index in [-0.39, 0.29) is 11.9 Å². The Morgan fingerprint density at radius 2 is 1.70 bits per heavy atom. The van der Waals surface area contributed by atoms with Crippen molar-refractivity contribution in [3.8, 4) is 5.75 Å². The molecular formula is C18H21N3O2. The summed E-state index contributed by atoms with van der Waals surface area (Å²) >= 11 is 0. The summed E-state index contributed by atoms with van der Waals surface area (Å²) in [5.74, 6) is -0.281. The summed E-state index contributed by atoms with van der Waals surface area (Å²) in [4.78, 5) is 16.1. The SMILES string of the molecule is COc1ccc(C(Cc2ccc(C)cc2)C(=O)N=C(N)N)cc1. The lowest BCUT2D eigenvalue weighted by atomic mass is 9.91. The third kappa shape index (κ3) is 4.57. The van der Waals surface area contributed by atoms with Gasteiger partial charge in [-0.05, 0) is 36.6 Å². The maximum atomic E-state index is 12.4. The Balaban J connectivity index is 2.32. The number of guanidine groups is 1. The smallest absolute Gasteiger partial charge is 0.256 e. The number of rotatable bonds is 5. The number of carbonyl (C=O) groups excluding carboxylic acids is 1. The highest BCUT2D eigenvalue weighted by atomic mass is 16.5. The normalized spacial score (nSPS) is 11.6. The summed E-state index contributed by atoms with van der Waals surface area (Å²) < 4.78 is 5.15. The molecule has 0 radical (unpaired) electrons. The Morgan fingerprint density at radius 1 is 1.09 bits per heavy atom. The molecule has 1 atom stereocenters. The first-order valence-corrected chi connectivity index (χ1v) is 7.32. The summed E-state index contributed by atoms with van der Waals surface area (Å²) in [6.07, 6.45) is 0.530. The van der Waals surface area contributed by atoms with E-state index in [1.165, 1.54) is 5.56 Å². The first-order valence-electron chi connectivity index (χ1n) is 7.32. The van der Waals surface area contributed by atoms with E-state index in [2.05, 4.69) is 4.99 Å². The quantitative estimate of drug-likeness (QED) is 0.653. The van der Waals surface area contributed by atoms with Gasteiger partial charge in [-0.25, -0.2) is 0 Å². The van der Waals surface area contributed by atoms with Gasteiger partial charge in [0.05, 0.1) is 13.0 Å². The van der Waals surface area contributed by atoms with Crippen LogP contribution in [-0.4, -0.2) is 19.0 Å². The van der Waals surface area contributed by atoms with Gasteiger partial charge in [0.15, 0.2) is 5.96 Å². The highest BCUT2D eigenvalue weighted by molar-refractivity contribution is 5.95. The molecule has 0 saturated carbocycles. The molecule has 0 aliphatic carbocycles. The summed E-state index contributed by atoms with van der Waals surface area (Å²) in [7, 11) is 1.60. The molecule has 2 aromatic carbocycles. The van der Waals surface area contributed by atoms with Gasteiger partial charge in [-0.3, -0.25) is 4.79 Å². The van der Waals surface area contributed by atoms with Crippen LogP contribution in [0.2, 0.25) is 0 Å². The van der Waals surface area contributed by atoms with Crippen molar-refractivity contribution in [2.24, 2.45) is 16.5 Å². The largest absolute Gasteiger partial charge is 0.497 e. The molecule has 0 bridgehead atoms. The molecule has 0 aliphatic rings. The van der Waals surface area contributed by atoms with Crippen molar-refractivity contribution in [2.45, 2.75) is 19.3 Å². The number of hydrogen-bond donors (Lipinski definition) is 2. The molecule has 120 valence electrons. The number of ether oxygens (including phenoxy) is 1. The second-order valence-corrected chi connectivity index (χ2v) is 5.39. The number of hydrogen-bond acceptors (Lipinski definition) is 2. The molecule has 2 rings (SSSR count). The van der Waals surface area contributed by atoms with Crippen LogP contribution in [-0.2, 0) is 11.2 Å². The van der Waals surface area contributed by atoms with E-state index in [1.54, 1.807) is 7.11 Å². The van der Waals surface area contributed by atoms with Crippen LogP contribution >= 0.6 is 0 Å². The maximum absolute atomic E-state index is 12.4. The van der Waals surface area contributed by atoms with E-state index in [9.17, 15) is 4.79 Å². The molecule has 5 nitrogen and oxygen atoms in total. The Morgan fingerprint density at radius 3 is 2.22 bits per heavy atom. The lowest BCUT2D eigenvalue weighted by Crippen LogP contribution is -2.26. The van der Waals surface area contributed by atoms with Crippen LogP contribution in [0.25, 0.3) is 0 Å². The Kier molecular flexibility index (Phi) is 5.36. The van der Waals surface area contributed by atoms with E-state index in [1.807, 2.05) is 55.5 Å². The fourth-order valence-electron chi connectivity index (χ4n) is 2.35. The molecule has 23 heavy (non-hydrogen) atoms. The van der Waals surface area contributed by atoms with Gasteiger partial charge in [-0.15, -0.1) is 0 Å². The lowest BCUT2D eigenvalue weighted by Gasteiger charge is -2.15. The fraction of sp³-hybridized carbons (Fsp3) is 0.222. The van der Waals surface area contributed by atoms with Crippen LogP contribution in [0, 0.1) is 6.92 Å². The summed E-state index contributed by atoms with van der Waals surface area (Å²) in [5.41, 5.74) is 13.8. The van der Waals surface area contributed by atoms with E-state index < -0.39 is 5.92 Å². The predicted molar refractivity (Wildman–Crippen MR) is 91.4 cm³/mol. The molecule has 0 aromatic heterocycles. The van der Waals surface area contributed by atoms with Crippen LogP contribution in [0.3, 0.4) is 0 Å². The molecular weight excluding hydrogens is 290 g/mol. The summed E-state index contributed by atoms with van der Waals surface area (Å²) in [5, 5.41) is 0. The first kappa shape index (κ1) is 16.5. The Hall–Kier alpha value is -2.82. The van der Waals surface area contributed by atoms with Gasteiger partial charge >= 0.3 is 0 Å². The molecule has 0 saturated heterocycles. The molecule has 1 amide bonds. The monoisotopic (exact) mass is 311 g/mol. The van der Waals surface area contributed by atoms with E-state index in [0.29, 0.717) is 6.42 Å². The number of nitrogens with two attached hydrogens (primary N) is 2. The first-order chi connectivity index (χ1) is 11.0. The average Bonchev–Trinajstić information content (AvgIpc) is 2.54. The molecule has 1 unspecified atom stereocenters. The Labute approximate surface area is 136 Å². The molecule has 5 heteroatoms. The number of nitrogens with zero attached hydrogens (tertiary/aromatic N) is 1. The minimum Gasteiger partial charge on any atom is -0.497 e. The van der Waals surface area contributed by atoms with Gasteiger partial charge < -0.3 is 16.2 Å². The van der Waals surface area contributed by atoms with E-state index in [0.717, 1.165) is 16.9 Å². The minimum absolute atomic E-state index is 0.225. The van der Waals surface area contributed by atoms with Crippen LogP contribution < -0.4 is 16.2 Å². The van der Waals surface area contributed by atoms with Gasteiger partial charge in [-0.1, -0.05) is 42.0 Å². The predicted octanol–water partition coefficient (Wildman–Crippen LogP) is 2.13. The minimum atomic E-state index is -0.439. The third-order valence-electron chi connectivity index (χ3n) is 3.62. The molecule has 0 spiro atoms. The fourth-order valence-corrected chi connectivity index (χ4v) is 2.35. The summed E-state index contributed by atoms with van der Waals surface area (Å²) in [6.45, 7) is 2.02. The second-order valence-electron chi connectivity index (χ2n) is 5.39. The zero-order valence-electron chi connectivity index (χ0n) is 13.3. The molecule has 0 fully saturated rings. The van der Waals surface area contributed by atoms with Gasteiger partial charge in [0.2, 0.25) is 0 Å². The van der Waals surface area contributed by atoms with Crippen LogP contribution in [0.5, 0.6) is 5.75 Å². The topological polar surface area (TPSA) is 90.7 Å². The standard InChI is InChI=1S/C18H21N3O2/c1-12-3-5-13(6-4-12)11-16(17(22)21-18(19)20)14-7-9-15(23-2)10-8-14/h3-10,16H,11H2,1-2H3,(H4,19,20,21,22). The number of amides is 1. The van der Waals surface area contributed by atoms with Gasteiger partial charge in [0.25, 0.3) is 5.91 Å². The van der Waals surface area contributed by atoms with Crippen LogP contribution in [0.4, 0.5) is 0 Å². The molecule has 0 heterocycles. The van der Waals surface area contributed by atoms with Crippen molar-refractivity contribution in [3.63, 3.8) is 0 Å². The highest BCUT2D eigenvalue weighted by Crippen LogP contribution is 2.25. The van der Waals surface area contributed by atoms with Crippen molar-refractivity contribution < 1.29 is 9.53 Å².